The molecular weight excluding hydrogens is 536 g/mol. The third-order valence-electron chi connectivity index (χ3n) is 6.93. The number of carbonyl (C=O) groups is 3. The summed E-state index contributed by atoms with van der Waals surface area (Å²) in [7, 11) is 0. The molecule has 5 rings (SSSR count). The van der Waals surface area contributed by atoms with Crippen LogP contribution in [0.1, 0.15) is 29.8 Å². The number of hydrogen-bond acceptors (Lipinski definition) is 7. The lowest BCUT2D eigenvalue weighted by atomic mass is 10.1. The summed E-state index contributed by atoms with van der Waals surface area (Å²) in [6, 6.07) is 24.5. The van der Waals surface area contributed by atoms with Gasteiger partial charge in [0.1, 0.15) is 11.4 Å². The van der Waals surface area contributed by atoms with Crippen molar-refractivity contribution in [3.8, 4) is 5.75 Å². The highest BCUT2D eigenvalue weighted by atomic mass is 32.2. The molecule has 0 atom stereocenters. The zero-order valence-corrected chi connectivity index (χ0v) is 24.0. The highest BCUT2D eigenvalue weighted by Crippen LogP contribution is 2.30. The number of hydrogen-bond donors (Lipinski definition) is 0. The van der Waals surface area contributed by atoms with Crippen molar-refractivity contribution in [3.05, 3.63) is 95.7 Å². The lowest BCUT2D eigenvalue weighted by Crippen LogP contribution is -2.49. The molecule has 2 aliphatic heterocycles. The third kappa shape index (κ3) is 6.69. The fourth-order valence-electron chi connectivity index (χ4n) is 4.72. The molecule has 3 aromatic rings. The molecule has 3 aromatic carbocycles. The SMILES string of the molecule is CCOc1ccc(C=C2N=C(SCC(=O)N3CCN(c4ccc(C(C)=O)cc4)CC3)N(c3ccccc3)C2=O)cc1. The maximum Gasteiger partial charge on any atom is 0.283 e. The summed E-state index contributed by atoms with van der Waals surface area (Å²) < 4.78 is 5.51. The van der Waals surface area contributed by atoms with Crippen LogP contribution in [0.3, 0.4) is 0 Å². The first-order valence-electron chi connectivity index (χ1n) is 13.6. The van der Waals surface area contributed by atoms with Crippen LogP contribution in [0.25, 0.3) is 6.08 Å². The molecule has 0 radical (unpaired) electrons. The van der Waals surface area contributed by atoms with Crippen LogP contribution < -0.4 is 14.5 Å². The Morgan fingerprint density at radius 1 is 0.902 bits per heavy atom. The monoisotopic (exact) mass is 568 g/mol. The molecule has 2 aliphatic rings. The molecule has 8 nitrogen and oxygen atoms in total. The number of nitrogens with zero attached hydrogens (tertiary/aromatic N) is 4. The molecule has 2 amide bonds. The van der Waals surface area contributed by atoms with E-state index in [1.807, 2.05) is 90.7 Å². The lowest BCUT2D eigenvalue weighted by molar-refractivity contribution is -0.128. The summed E-state index contributed by atoms with van der Waals surface area (Å²) in [5.41, 5.74) is 3.59. The van der Waals surface area contributed by atoms with Gasteiger partial charge in [-0.15, -0.1) is 0 Å². The van der Waals surface area contributed by atoms with Crippen LogP contribution >= 0.6 is 11.8 Å². The molecule has 210 valence electrons. The fourth-order valence-corrected chi connectivity index (χ4v) is 5.64. The average molecular weight is 569 g/mol. The van der Waals surface area contributed by atoms with Crippen molar-refractivity contribution in [2.45, 2.75) is 13.8 Å². The first-order chi connectivity index (χ1) is 19.9. The Morgan fingerprint density at radius 2 is 1.59 bits per heavy atom. The van der Waals surface area contributed by atoms with Gasteiger partial charge in [-0.2, -0.15) is 0 Å². The van der Waals surface area contributed by atoms with E-state index in [-0.39, 0.29) is 23.4 Å². The number of thioether (sulfide) groups is 1. The van der Waals surface area contributed by atoms with E-state index in [1.165, 1.54) is 11.8 Å². The zero-order valence-electron chi connectivity index (χ0n) is 23.2. The lowest BCUT2D eigenvalue weighted by Gasteiger charge is -2.36. The first kappa shape index (κ1) is 28.2. The number of benzene rings is 3. The molecule has 41 heavy (non-hydrogen) atoms. The molecule has 1 saturated heterocycles. The Bertz CT molecular complexity index is 1460. The highest BCUT2D eigenvalue weighted by molar-refractivity contribution is 8.14. The second-order valence-electron chi connectivity index (χ2n) is 9.66. The van der Waals surface area contributed by atoms with Crippen molar-refractivity contribution in [1.82, 2.24) is 4.90 Å². The summed E-state index contributed by atoms with van der Waals surface area (Å²) >= 11 is 1.27. The van der Waals surface area contributed by atoms with Crippen molar-refractivity contribution in [3.63, 3.8) is 0 Å². The van der Waals surface area contributed by atoms with Gasteiger partial charge in [0.15, 0.2) is 11.0 Å². The number of ether oxygens (including phenoxy) is 1. The number of carbonyl (C=O) groups excluding carboxylic acids is 3. The van der Waals surface area contributed by atoms with E-state index in [0.717, 1.165) is 17.0 Å². The Hall–Kier alpha value is -4.37. The number of ketones is 1. The van der Waals surface area contributed by atoms with Gasteiger partial charge in [-0.3, -0.25) is 19.3 Å². The van der Waals surface area contributed by atoms with Crippen molar-refractivity contribution >= 4 is 52.0 Å². The van der Waals surface area contributed by atoms with Crippen LogP contribution in [0.5, 0.6) is 5.75 Å². The topological polar surface area (TPSA) is 82.5 Å². The third-order valence-corrected chi connectivity index (χ3v) is 7.86. The van der Waals surface area contributed by atoms with Gasteiger partial charge in [-0.25, -0.2) is 4.99 Å². The average Bonchev–Trinajstić information content (AvgIpc) is 3.31. The summed E-state index contributed by atoms with van der Waals surface area (Å²) in [6.45, 7) is 6.69. The van der Waals surface area contributed by atoms with Gasteiger partial charge in [0.05, 0.1) is 18.0 Å². The van der Waals surface area contributed by atoms with Gasteiger partial charge in [0, 0.05) is 37.4 Å². The van der Waals surface area contributed by atoms with Crippen LogP contribution in [0.4, 0.5) is 11.4 Å². The standard InChI is InChI=1S/C32H32N4O4S/c1-3-40-28-15-9-24(10-16-28)21-29-31(39)36(27-7-5-4-6-8-27)32(33-29)41-22-30(38)35-19-17-34(18-20-35)26-13-11-25(12-14-26)23(2)37/h4-16,21H,3,17-20,22H2,1-2H3. The smallest absolute Gasteiger partial charge is 0.283 e. The summed E-state index contributed by atoms with van der Waals surface area (Å²) in [6.07, 6.45) is 1.76. The predicted molar refractivity (Wildman–Crippen MR) is 165 cm³/mol. The van der Waals surface area contributed by atoms with Gasteiger partial charge in [-0.1, -0.05) is 42.1 Å². The normalized spacial score (nSPS) is 16.2. The minimum atomic E-state index is -0.232. The van der Waals surface area contributed by atoms with Crippen molar-refractivity contribution in [2.24, 2.45) is 4.99 Å². The Kier molecular flexibility index (Phi) is 8.84. The second kappa shape index (κ2) is 12.9. The molecule has 0 aromatic heterocycles. The van der Waals surface area contributed by atoms with Gasteiger partial charge < -0.3 is 14.5 Å². The van der Waals surface area contributed by atoms with E-state index in [4.69, 9.17) is 4.74 Å². The Balaban J connectivity index is 1.25. The number of rotatable bonds is 8. The maximum atomic E-state index is 13.5. The number of aliphatic imine (C=N–C) groups is 1. The molecule has 0 N–H and O–H groups in total. The largest absolute Gasteiger partial charge is 0.494 e. The van der Waals surface area contributed by atoms with E-state index in [1.54, 1.807) is 17.9 Å². The maximum absolute atomic E-state index is 13.5. The number of amides is 2. The Morgan fingerprint density at radius 3 is 2.22 bits per heavy atom. The van der Waals surface area contributed by atoms with Crippen molar-refractivity contribution in [1.29, 1.82) is 0 Å². The fraction of sp³-hybridized carbons (Fsp3) is 0.250. The molecule has 2 heterocycles. The minimum Gasteiger partial charge on any atom is -0.494 e. The van der Waals surface area contributed by atoms with E-state index < -0.39 is 0 Å². The van der Waals surface area contributed by atoms with E-state index in [0.29, 0.717) is 54.9 Å². The minimum absolute atomic E-state index is 0.00804. The number of piperazine rings is 1. The van der Waals surface area contributed by atoms with E-state index in [2.05, 4.69) is 9.89 Å². The highest BCUT2D eigenvalue weighted by Gasteiger charge is 2.33. The quantitative estimate of drug-likeness (QED) is 0.277. The zero-order chi connectivity index (χ0) is 28.8. The molecular formula is C32H32N4O4S. The molecule has 1 fully saturated rings. The summed E-state index contributed by atoms with van der Waals surface area (Å²) in [5.74, 6) is 0.767. The Labute approximate surface area is 244 Å². The summed E-state index contributed by atoms with van der Waals surface area (Å²) in [4.78, 5) is 48.5. The molecule has 0 saturated carbocycles. The van der Waals surface area contributed by atoms with Crippen LogP contribution in [0, 0.1) is 0 Å². The van der Waals surface area contributed by atoms with Gasteiger partial charge in [0.25, 0.3) is 5.91 Å². The number of anilines is 2. The molecule has 0 spiro atoms. The second-order valence-corrected chi connectivity index (χ2v) is 10.6. The van der Waals surface area contributed by atoms with E-state index >= 15 is 0 Å². The van der Waals surface area contributed by atoms with Crippen molar-refractivity contribution in [2.75, 3.05) is 48.3 Å². The molecule has 0 bridgehead atoms. The number of para-hydroxylation sites is 1. The van der Waals surface area contributed by atoms with Crippen LogP contribution in [-0.2, 0) is 9.59 Å². The predicted octanol–water partition coefficient (Wildman–Crippen LogP) is 5.11. The molecule has 0 unspecified atom stereocenters. The number of amidine groups is 1. The van der Waals surface area contributed by atoms with Crippen LogP contribution in [0.15, 0.2) is 89.6 Å². The van der Waals surface area contributed by atoms with E-state index in [9.17, 15) is 14.4 Å². The first-order valence-corrected chi connectivity index (χ1v) is 14.6. The number of Topliss-reactive ketones (excluding diaryl/α,β-unsaturated/α-hetero) is 1. The molecule has 0 aliphatic carbocycles. The van der Waals surface area contributed by atoms with Crippen LogP contribution in [-0.4, -0.2) is 66.2 Å². The summed E-state index contributed by atoms with van der Waals surface area (Å²) in [5, 5.41) is 0.482. The molecule has 9 heteroatoms. The van der Waals surface area contributed by atoms with Crippen molar-refractivity contribution < 1.29 is 19.1 Å². The van der Waals surface area contributed by atoms with Crippen LogP contribution in [0.2, 0.25) is 0 Å². The van der Waals surface area contributed by atoms with Gasteiger partial charge in [0.2, 0.25) is 5.91 Å². The van der Waals surface area contributed by atoms with Gasteiger partial charge >= 0.3 is 0 Å². The van der Waals surface area contributed by atoms with Gasteiger partial charge in [-0.05, 0) is 74.0 Å².